The summed E-state index contributed by atoms with van der Waals surface area (Å²) in [6, 6.07) is -0.664. The molecule has 1 rings (SSSR count). The summed E-state index contributed by atoms with van der Waals surface area (Å²) in [5.74, 6) is -0.328. The van der Waals surface area contributed by atoms with E-state index in [0.29, 0.717) is 58.5 Å². The molecule has 1 aliphatic rings. The molecule has 12 heteroatoms. The summed E-state index contributed by atoms with van der Waals surface area (Å²) in [6.07, 6.45) is 14.1. The first kappa shape index (κ1) is 38.6. The molecular formula is C31H58N8O3S. The number of nitrogens with zero attached hydrogens (tertiary/aromatic N) is 3. The van der Waals surface area contributed by atoms with E-state index in [1.54, 1.807) is 18.0 Å². The van der Waals surface area contributed by atoms with Crippen LogP contribution < -0.4 is 27.4 Å². The first-order valence-electron chi connectivity index (χ1n) is 15.8. The summed E-state index contributed by atoms with van der Waals surface area (Å²) in [5, 5.41) is 10.1. The molecule has 0 aromatic heterocycles. The van der Waals surface area contributed by atoms with Crippen LogP contribution in [0.25, 0.3) is 0 Å². The quantitative estimate of drug-likeness (QED) is 0.103. The van der Waals surface area contributed by atoms with E-state index in [0.717, 1.165) is 55.7 Å². The third-order valence-corrected chi connectivity index (χ3v) is 7.94. The fraction of sp³-hybridized carbons (Fsp3) is 0.742. The summed E-state index contributed by atoms with van der Waals surface area (Å²) >= 11 is 1.57. The van der Waals surface area contributed by atoms with E-state index in [-0.39, 0.29) is 29.7 Å². The lowest BCUT2D eigenvalue weighted by Gasteiger charge is -2.27. The summed E-state index contributed by atoms with van der Waals surface area (Å²) in [5.41, 5.74) is 13.1. The molecule has 0 saturated heterocycles. The average Bonchev–Trinajstić information content (AvgIpc) is 2.99. The molecule has 11 nitrogen and oxygen atoms in total. The van der Waals surface area contributed by atoms with Crippen molar-refractivity contribution in [2.75, 3.05) is 59.6 Å². The molecule has 0 aromatic rings. The predicted octanol–water partition coefficient (Wildman–Crippen LogP) is 2.19. The number of hydrogen-bond acceptors (Lipinski definition) is 9. The van der Waals surface area contributed by atoms with Crippen molar-refractivity contribution in [3.8, 4) is 0 Å². The van der Waals surface area contributed by atoms with E-state index >= 15 is 0 Å². The molecule has 1 unspecified atom stereocenters. The van der Waals surface area contributed by atoms with Gasteiger partial charge in [-0.25, -0.2) is 0 Å². The van der Waals surface area contributed by atoms with E-state index in [1.165, 1.54) is 0 Å². The number of carbonyl (C=O) groups is 3. The minimum atomic E-state index is -0.486. The molecule has 43 heavy (non-hydrogen) atoms. The Labute approximate surface area is 264 Å². The van der Waals surface area contributed by atoms with Gasteiger partial charge in [-0.15, -0.1) is 11.8 Å². The third-order valence-electron chi connectivity index (χ3n) is 7.25. The normalized spacial score (nSPS) is 15.9. The first-order chi connectivity index (χ1) is 20.6. The summed E-state index contributed by atoms with van der Waals surface area (Å²) in [6.45, 7) is 9.49. The highest BCUT2D eigenvalue weighted by molar-refractivity contribution is 8.02. The topological polar surface area (TPSA) is 158 Å². The van der Waals surface area contributed by atoms with Gasteiger partial charge in [0.15, 0.2) is 0 Å². The fourth-order valence-electron chi connectivity index (χ4n) is 4.61. The van der Waals surface area contributed by atoms with Gasteiger partial charge < -0.3 is 37.2 Å². The molecule has 0 bridgehead atoms. The number of aliphatic imine (C=N–C) groups is 1. The van der Waals surface area contributed by atoms with E-state index in [4.69, 9.17) is 11.5 Å². The molecular weight excluding hydrogens is 564 g/mol. The molecule has 1 heterocycles. The van der Waals surface area contributed by atoms with Crippen LogP contribution in [0.4, 0.5) is 0 Å². The Balaban J connectivity index is 2.46. The SMILES string of the molecule is C=C(NCCCN(CCCNC(=O)[C@@H](N)CCCCC)C(=O)C1C=NC(SC)=CC1)[C@@H](N)CCCCNC(=O)CN(C)C. The highest BCUT2D eigenvalue weighted by Gasteiger charge is 2.24. The lowest BCUT2D eigenvalue weighted by Crippen LogP contribution is -2.43. The standard InChI is InChI=1S/C31H58N8O3S/c1-6-7-8-14-27(33)30(41)36-19-12-21-39(31(42)25-15-16-29(43-5)37-22-25)20-11-18-34-24(2)26(32)13-9-10-17-35-28(40)23-38(3)4/h16,22,25-27,34H,2,6-15,17-21,23,32-33H2,1,3-5H3,(H,35,40)(H,36,41)/t25?,26-,27-/m0/s1. The molecule has 7 N–H and O–H groups in total. The van der Waals surface area contributed by atoms with Crippen molar-refractivity contribution in [2.24, 2.45) is 22.4 Å². The summed E-state index contributed by atoms with van der Waals surface area (Å²) in [7, 11) is 3.73. The van der Waals surface area contributed by atoms with Crippen LogP contribution in [0, 0.1) is 5.92 Å². The Kier molecular flexibility index (Phi) is 20.7. The van der Waals surface area contributed by atoms with Crippen molar-refractivity contribution in [1.82, 2.24) is 25.8 Å². The number of likely N-dealkylation sites (N-methyl/N-ethyl adjacent to an activating group) is 1. The second kappa shape index (κ2) is 23.0. The van der Waals surface area contributed by atoms with Crippen molar-refractivity contribution < 1.29 is 14.4 Å². The number of nitrogens with one attached hydrogen (secondary N) is 3. The Morgan fingerprint density at radius 2 is 1.60 bits per heavy atom. The summed E-state index contributed by atoms with van der Waals surface area (Å²) in [4.78, 5) is 45.6. The van der Waals surface area contributed by atoms with Crippen molar-refractivity contribution >= 4 is 35.7 Å². The Morgan fingerprint density at radius 3 is 2.21 bits per heavy atom. The smallest absolute Gasteiger partial charge is 0.236 e. The second-order valence-electron chi connectivity index (χ2n) is 11.4. The maximum Gasteiger partial charge on any atom is 0.236 e. The highest BCUT2D eigenvalue weighted by Crippen LogP contribution is 2.21. The zero-order valence-electron chi connectivity index (χ0n) is 27.0. The Hall–Kier alpha value is -2.41. The molecule has 246 valence electrons. The lowest BCUT2D eigenvalue weighted by atomic mass is 10.0. The van der Waals surface area contributed by atoms with E-state index in [2.05, 4.69) is 34.4 Å². The molecule has 3 atom stereocenters. The average molecular weight is 623 g/mol. The highest BCUT2D eigenvalue weighted by atomic mass is 32.2. The number of thioether (sulfide) groups is 1. The molecule has 1 aliphatic heterocycles. The first-order valence-corrected chi connectivity index (χ1v) is 17.0. The van der Waals surface area contributed by atoms with Crippen LogP contribution in [0.5, 0.6) is 0 Å². The van der Waals surface area contributed by atoms with Gasteiger partial charge in [-0.3, -0.25) is 19.4 Å². The fourth-order valence-corrected chi connectivity index (χ4v) is 5.04. The van der Waals surface area contributed by atoms with Gasteiger partial charge in [0.25, 0.3) is 0 Å². The van der Waals surface area contributed by atoms with Crippen LogP contribution in [-0.4, -0.2) is 105 Å². The number of carbonyl (C=O) groups excluding carboxylic acids is 3. The van der Waals surface area contributed by atoms with Gasteiger partial charge in [-0.05, 0) is 65.3 Å². The van der Waals surface area contributed by atoms with Crippen molar-refractivity contribution in [3.05, 3.63) is 23.4 Å². The summed E-state index contributed by atoms with van der Waals surface area (Å²) < 4.78 is 0. The van der Waals surface area contributed by atoms with Gasteiger partial charge in [0, 0.05) is 50.7 Å². The largest absolute Gasteiger partial charge is 0.387 e. The van der Waals surface area contributed by atoms with Crippen LogP contribution in [0.2, 0.25) is 0 Å². The number of nitrogens with two attached hydrogens (primary N) is 2. The maximum atomic E-state index is 13.4. The van der Waals surface area contributed by atoms with Crippen molar-refractivity contribution in [1.29, 1.82) is 0 Å². The minimum absolute atomic E-state index is 0.0246. The van der Waals surface area contributed by atoms with Crippen molar-refractivity contribution in [3.63, 3.8) is 0 Å². The van der Waals surface area contributed by atoms with Gasteiger partial charge in [0.1, 0.15) is 0 Å². The van der Waals surface area contributed by atoms with E-state index in [9.17, 15) is 14.4 Å². The minimum Gasteiger partial charge on any atom is -0.387 e. The van der Waals surface area contributed by atoms with Crippen molar-refractivity contribution in [2.45, 2.75) is 83.2 Å². The molecule has 3 amide bonds. The number of allylic oxidation sites excluding steroid dienone is 1. The second-order valence-corrected chi connectivity index (χ2v) is 12.3. The van der Waals surface area contributed by atoms with Crippen LogP contribution in [0.15, 0.2) is 28.4 Å². The molecule has 0 aliphatic carbocycles. The molecule has 0 radical (unpaired) electrons. The van der Waals surface area contributed by atoms with Crippen LogP contribution in [0.1, 0.15) is 71.1 Å². The zero-order valence-corrected chi connectivity index (χ0v) is 27.9. The zero-order chi connectivity index (χ0) is 32.0. The lowest BCUT2D eigenvalue weighted by molar-refractivity contribution is -0.133. The maximum absolute atomic E-state index is 13.4. The van der Waals surface area contributed by atoms with Gasteiger partial charge in [0.05, 0.1) is 23.5 Å². The molecule has 0 aromatic carbocycles. The molecule has 0 spiro atoms. The van der Waals surface area contributed by atoms with Gasteiger partial charge in [-0.2, -0.15) is 0 Å². The predicted molar refractivity (Wildman–Crippen MR) is 180 cm³/mol. The third kappa shape index (κ3) is 17.5. The van der Waals surface area contributed by atoms with E-state index < -0.39 is 6.04 Å². The Bertz CT molecular complexity index is 911. The van der Waals surface area contributed by atoms with Gasteiger partial charge in [-0.1, -0.05) is 38.8 Å². The molecule has 0 saturated carbocycles. The number of hydrogen-bond donors (Lipinski definition) is 5. The van der Waals surface area contributed by atoms with E-state index in [1.807, 2.05) is 36.2 Å². The number of unbranched alkanes of at least 4 members (excludes halogenated alkanes) is 3. The molecule has 0 fully saturated rings. The number of amides is 3. The number of rotatable bonds is 24. The van der Waals surface area contributed by atoms with Crippen LogP contribution >= 0.6 is 11.8 Å². The van der Waals surface area contributed by atoms with Crippen LogP contribution in [0.3, 0.4) is 0 Å². The monoisotopic (exact) mass is 622 g/mol. The van der Waals surface area contributed by atoms with Gasteiger partial charge in [0.2, 0.25) is 17.7 Å². The Morgan fingerprint density at radius 1 is 0.977 bits per heavy atom. The van der Waals surface area contributed by atoms with Gasteiger partial charge >= 0.3 is 0 Å². The van der Waals surface area contributed by atoms with Crippen LogP contribution in [-0.2, 0) is 14.4 Å².